The molecule has 4 heteroatoms. The van der Waals surface area contributed by atoms with Crippen LogP contribution in [-0.4, -0.2) is 23.5 Å². The molecule has 0 aliphatic rings. The quantitative estimate of drug-likeness (QED) is 0.853. The average Bonchev–Trinajstić information content (AvgIpc) is 2.42. The second kappa shape index (κ2) is 6.55. The van der Waals surface area contributed by atoms with Gasteiger partial charge in [0.25, 0.3) is 0 Å². The van der Waals surface area contributed by atoms with Gasteiger partial charge in [0.2, 0.25) is 0 Å². The lowest BCUT2D eigenvalue weighted by Crippen LogP contribution is -2.20. The van der Waals surface area contributed by atoms with Crippen LogP contribution in [-0.2, 0) is 13.0 Å². The van der Waals surface area contributed by atoms with E-state index < -0.39 is 0 Å². The number of pyridine rings is 1. The number of likely N-dealkylation sites (N-methyl/N-ethyl adjacent to an activating group) is 1. The molecule has 0 amide bonds. The first-order valence-electron chi connectivity index (χ1n) is 6.26. The number of anilines is 1. The van der Waals surface area contributed by atoms with Crippen LogP contribution in [0.15, 0.2) is 42.7 Å². The van der Waals surface area contributed by atoms with E-state index in [9.17, 15) is 0 Å². The highest BCUT2D eigenvalue weighted by atomic mass is 35.5. The molecule has 3 nitrogen and oxygen atoms in total. The zero-order valence-corrected chi connectivity index (χ0v) is 11.8. The Balaban J connectivity index is 1.87. The van der Waals surface area contributed by atoms with Crippen LogP contribution in [0.4, 0.5) is 5.69 Å². The molecule has 0 aliphatic carbocycles. The molecule has 1 aromatic carbocycles. The lowest BCUT2D eigenvalue weighted by atomic mass is 10.1. The van der Waals surface area contributed by atoms with E-state index in [1.54, 1.807) is 0 Å². The van der Waals surface area contributed by atoms with Crippen LogP contribution in [0.25, 0.3) is 0 Å². The molecule has 100 valence electrons. The first-order chi connectivity index (χ1) is 9.15. The van der Waals surface area contributed by atoms with Gasteiger partial charge < -0.3 is 10.6 Å². The van der Waals surface area contributed by atoms with Gasteiger partial charge in [0, 0.05) is 25.5 Å². The summed E-state index contributed by atoms with van der Waals surface area (Å²) < 4.78 is 0. The van der Waals surface area contributed by atoms with E-state index >= 15 is 0 Å². The topological polar surface area (TPSA) is 42.2 Å². The van der Waals surface area contributed by atoms with Crippen molar-refractivity contribution in [3.63, 3.8) is 0 Å². The molecule has 0 aliphatic heterocycles. The van der Waals surface area contributed by atoms with E-state index in [4.69, 9.17) is 17.3 Å². The summed E-state index contributed by atoms with van der Waals surface area (Å²) in [4.78, 5) is 6.28. The van der Waals surface area contributed by atoms with Crippen LogP contribution in [0.5, 0.6) is 0 Å². The van der Waals surface area contributed by atoms with Gasteiger partial charge in [-0.05, 0) is 48.9 Å². The van der Waals surface area contributed by atoms with E-state index in [2.05, 4.69) is 16.9 Å². The Kier molecular flexibility index (Phi) is 4.77. The van der Waals surface area contributed by atoms with Crippen molar-refractivity contribution >= 4 is 17.3 Å². The molecule has 1 aromatic heterocycles. The van der Waals surface area contributed by atoms with Crippen molar-refractivity contribution in [3.8, 4) is 0 Å². The summed E-state index contributed by atoms with van der Waals surface area (Å²) in [7, 11) is 2.10. The fraction of sp³-hybridized carbons (Fsp3) is 0.267. The summed E-state index contributed by atoms with van der Waals surface area (Å²) in [6.45, 7) is 1.86. The Morgan fingerprint density at radius 3 is 2.58 bits per heavy atom. The molecule has 2 N–H and O–H groups in total. The lowest BCUT2D eigenvalue weighted by Gasteiger charge is -2.17. The highest BCUT2D eigenvalue weighted by Crippen LogP contribution is 2.20. The van der Waals surface area contributed by atoms with Gasteiger partial charge in [0.05, 0.1) is 10.7 Å². The lowest BCUT2D eigenvalue weighted by molar-refractivity contribution is 0.331. The Morgan fingerprint density at radius 2 is 1.89 bits per heavy atom. The largest absolute Gasteiger partial charge is 0.398 e. The predicted octanol–water partition coefficient (Wildman–Crippen LogP) is 2.99. The highest BCUT2D eigenvalue weighted by molar-refractivity contribution is 6.33. The minimum Gasteiger partial charge on any atom is -0.398 e. The van der Waals surface area contributed by atoms with Gasteiger partial charge in [0.15, 0.2) is 0 Å². The fourth-order valence-corrected chi connectivity index (χ4v) is 2.13. The monoisotopic (exact) mass is 275 g/mol. The van der Waals surface area contributed by atoms with Gasteiger partial charge in [-0.2, -0.15) is 0 Å². The first-order valence-corrected chi connectivity index (χ1v) is 6.64. The molecule has 19 heavy (non-hydrogen) atoms. The summed E-state index contributed by atoms with van der Waals surface area (Å²) >= 11 is 6.02. The molecule has 0 fully saturated rings. The molecule has 0 atom stereocenters. The second-order valence-corrected chi connectivity index (χ2v) is 5.11. The third kappa shape index (κ3) is 4.23. The number of hydrogen-bond acceptors (Lipinski definition) is 3. The number of hydrogen-bond donors (Lipinski definition) is 1. The van der Waals surface area contributed by atoms with Crippen LogP contribution in [0.1, 0.15) is 11.1 Å². The fourth-order valence-electron chi connectivity index (χ4n) is 1.93. The number of halogens is 1. The highest BCUT2D eigenvalue weighted by Gasteiger charge is 2.03. The van der Waals surface area contributed by atoms with Crippen molar-refractivity contribution in [2.24, 2.45) is 0 Å². The molecule has 0 unspecified atom stereocenters. The maximum atomic E-state index is 6.02. The van der Waals surface area contributed by atoms with Crippen molar-refractivity contribution in [2.45, 2.75) is 13.0 Å². The van der Waals surface area contributed by atoms with Gasteiger partial charge in [-0.1, -0.05) is 17.7 Å². The number of nitrogen functional groups attached to an aromatic ring is 1. The van der Waals surface area contributed by atoms with Gasteiger partial charge in [-0.25, -0.2) is 0 Å². The van der Waals surface area contributed by atoms with Gasteiger partial charge in [-0.15, -0.1) is 0 Å². The minimum atomic E-state index is 0.625. The van der Waals surface area contributed by atoms with Crippen molar-refractivity contribution in [1.82, 2.24) is 9.88 Å². The van der Waals surface area contributed by atoms with Crippen LogP contribution >= 0.6 is 11.6 Å². The van der Waals surface area contributed by atoms with Crippen molar-refractivity contribution in [2.75, 3.05) is 19.3 Å². The van der Waals surface area contributed by atoms with Crippen LogP contribution < -0.4 is 5.73 Å². The molecule has 0 bridgehead atoms. The van der Waals surface area contributed by atoms with E-state index in [1.807, 2.05) is 42.7 Å². The van der Waals surface area contributed by atoms with Gasteiger partial charge >= 0.3 is 0 Å². The molecule has 1 heterocycles. The summed E-state index contributed by atoms with van der Waals surface area (Å²) in [6, 6.07) is 9.90. The summed E-state index contributed by atoms with van der Waals surface area (Å²) in [5.41, 5.74) is 8.81. The van der Waals surface area contributed by atoms with Gasteiger partial charge in [-0.3, -0.25) is 4.98 Å². The Hall–Kier alpha value is -1.58. The van der Waals surface area contributed by atoms with Gasteiger partial charge in [0.1, 0.15) is 0 Å². The zero-order valence-electron chi connectivity index (χ0n) is 11.0. The molecule has 0 radical (unpaired) electrons. The number of aromatic nitrogens is 1. The molecule has 2 rings (SSSR count). The first kappa shape index (κ1) is 13.8. The molecular formula is C15H18ClN3. The minimum absolute atomic E-state index is 0.625. The smallest absolute Gasteiger partial charge is 0.0638 e. The molecule has 0 saturated carbocycles. The Morgan fingerprint density at radius 1 is 1.16 bits per heavy atom. The Bertz CT molecular complexity index is 528. The zero-order chi connectivity index (χ0) is 13.7. The van der Waals surface area contributed by atoms with E-state index in [0.29, 0.717) is 10.7 Å². The molecular weight excluding hydrogens is 258 g/mol. The van der Waals surface area contributed by atoms with Crippen LogP contribution in [0.2, 0.25) is 5.02 Å². The Labute approximate surface area is 119 Å². The van der Waals surface area contributed by atoms with Crippen LogP contribution in [0, 0.1) is 0 Å². The van der Waals surface area contributed by atoms with E-state index in [-0.39, 0.29) is 0 Å². The number of nitrogens with two attached hydrogens (primary N) is 1. The third-order valence-electron chi connectivity index (χ3n) is 3.05. The SMILES string of the molecule is CN(CCc1ccncc1)Cc1ccc(N)c(Cl)c1. The van der Waals surface area contributed by atoms with E-state index in [0.717, 1.165) is 19.5 Å². The number of nitrogens with zero attached hydrogens (tertiary/aromatic N) is 2. The summed E-state index contributed by atoms with van der Waals surface area (Å²) in [6.07, 6.45) is 4.67. The van der Waals surface area contributed by atoms with Crippen molar-refractivity contribution in [3.05, 3.63) is 58.9 Å². The van der Waals surface area contributed by atoms with Crippen molar-refractivity contribution < 1.29 is 0 Å². The second-order valence-electron chi connectivity index (χ2n) is 4.70. The summed E-state index contributed by atoms with van der Waals surface area (Å²) in [5, 5.41) is 0.625. The molecule has 0 spiro atoms. The average molecular weight is 276 g/mol. The standard InChI is InChI=1S/C15H18ClN3/c1-19(9-6-12-4-7-18-8-5-12)11-13-2-3-15(17)14(16)10-13/h2-5,7-8,10H,6,9,11,17H2,1H3. The number of benzene rings is 1. The normalized spacial score (nSPS) is 10.9. The maximum absolute atomic E-state index is 6.02. The van der Waals surface area contributed by atoms with E-state index in [1.165, 1.54) is 11.1 Å². The maximum Gasteiger partial charge on any atom is 0.0638 e. The number of rotatable bonds is 5. The molecule has 2 aromatic rings. The third-order valence-corrected chi connectivity index (χ3v) is 3.38. The molecule has 0 saturated heterocycles. The summed E-state index contributed by atoms with van der Waals surface area (Å²) in [5.74, 6) is 0. The van der Waals surface area contributed by atoms with Crippen LogP contribution in [0.3, 0.4) is 0 Å². The van der Waals surface area contributed by atoms with Crippen molar-refractivity contribution in [1.29, 1.82) is 0 Å². The predicted molar refractivity (Wildman–Crippen MR) is 80.1 cm³/mol.